The molecule has 150 valence electrons. The molecule has 7 heteroatoms. The Morgan fingerprint density at radius 1 is 1.14 bits per heavy atom. The molecule has 0 aliphatic carbocycles. The number of carbonyl (C=O) groups is 3. The Labute approximate surface area is 168 Å². The molecule has 0 saturated heterocycles. The maximum absolute atomic E-state index is 12.1. The lowest BCUT2D eigenvalue weighted by atomic mass is 10.2. The molecule has 28 heavy (non-hydrogen) atoms. The van der Waals surface area contributed by atoms with Gasteiger partial charge >= 0.3 is 5.97 Å². The Hall–Kier alpha value is -2.67. The second-order valence-electron chi connectivity index (χ2n) is 6.35. The van der Waals surface area contributed by atoms with E-state index in [2.05, 4.69) is 5.32 Å². The number of ether oxygens (including phenoxy) is 2. The largest absolute Gasteiger partial charge is 0.494 e. The molecular weight excluding hydrogens is 378 g/mol. The molecule has 0 unspecified atom stereocenters. The van der Waals surface area contributed by atoms with Crippen LogP contribution < -0.4 is 10.1 Å². The van der Waals surface area contributed by atoms with Gasteiger partial charge in [0.05, 0.1) is 11.5 Å². The van der Waals surface area contributed by atoms with Crippen molar-refractivity contribution < 1.29 is 23.9 Å². The molecule has 1 N–H and O–H groups in total. The minimum atomic E-state index is -0.413. The lowest BCUT2D eigenvalue weighted by Gasteiger charge is -2.07. The quantitative estimate of drug-likeness (QED) is 0.354. The summed E-state index contributed by atoms with van der Waals surface area (Å²) in [7, 11) is 0. The SMILES string of the molecule is CC(=O)NCCc1ccc(C(=O)COC(=O)CCCOc2cccc(C)c2)s1. The van der Waals surface area contributed by atoms with Crippen LogP contribution in [0.25, 0.3) is 0 Å². The van der Waals surface area contributed by atoms with Gasteiger partial charge in [-0.05, 0) is 49.6 Å². The maximum Gasteiger partial charge on any atom is 0.306 e. The summed E-state index contributed by atoms with van der Waals surface area (Å²) in [6, 6.07) is 11.3. The van der Waals surface area contributed by atoms with Gasteiger partial charge in [-0.2, -0.15) is 0 Å². The standard InChI is InChI=1S/C21H25NO5S/c1-15-5-3-6-17(13-15)26-12-4-7-21(25)27-14-19(24)20-9-8-18(28-20)10-11-22-16(2)23/h3,5-6,8-9,13H,4,7,10-12,14H2,1-2H3,(H,22,23). The minimum absolute atomic E-state index is 0.0796. The van der Waals surface area contributed by atoms with Gasteiger partial charge in [-0.3, -0.25) is 14.4 Å². The Morgan fingerprint density at radius 3 is 2.71 bits per heavy atom. The number of Topliss-reactive ketones (excluding diaryl/α,β-unsaturated/α-hetero) is 1. The number of aryl methyl sites for hydroxylation is 1. The zero-order valence-corrected chi connectivity index (χ0v) is 17.0. The molecule has 0 spiro atoms. The first-order valence-electron chi connectivity index (χ1n) is 9.15. The third-order valence-corrected chi connectivity index (χ3v) is 5.02. The van der Waals surface area contributed by atoms with E-state index in [1.807, 2.05) is 37.3 Å². The first-order chi connectivity index (χ1) is 13.4. The number of hydrogen-bond acceptors (Lipinski definition) is 6. The minimum Gasteiger partial charge on any atom is -0.494 e. The van der Waals surface area contributed by atoms with Gasteiger partial charge in [0.2, 0.25) is 11.7 Å². The van der Waals surface area contributed by atoms with Crippen molar-refractivity contribution in [2.45, 2.75) is 33.1 Å². The van der Waals surface area contributed by atoms with E-state index >= 15 is 0 Å². The number of thiophene rings is 1. The number of rotatable bonds is 11. The molecule has 2 rings (SSSR count). The third-order valence-electron chi connectivity index (χ3n) is 3.83. The first-order valence-corrected chi connectivity index (χ1v) is 9.97. The van der Waals surface area contributed by atoms with E-state index in [-0.39, 0.29) is 24.7 Å². The molecule has 1 aromatic heterocycles. The summed E-state index contributed by atoms with van der Waals surface area (Å²) in [4.78, 5) is 36.3. The van der Waals surface area contributed by atoms with Crippen molar-refractivity contribution >= 4 is 29.0 Å². The Kier molecular flexibility index (Phi) is 8.68. The normalized spacial score (nSPS) is 10.4. The summed E-state index contributed by atoms with van der Waals surface area (Å²) in [5, 5.41) is 2.71. The highest BCUT2D eigenvalue weighted by Gasteiger charge is 2.12. The number of nitrogens with one attached hydrogen (secondary N) is 1. The molecule has 2 aromatic rings. The van der Waals surface area contributed by atoms with Gasteiger partial charge in [0.15, 0.2) is 6.61 Å². The highest BCUT2D eigenvalue weighted by atomic mass is 32.1. The molecule has 0 aliphatic heterocycles. The monoisotopic (exact) mass is 403 g/mol. The fourth-order valence-electron chi connectivity index (χ4n) is 2.42. The van der Waals surface area contributed by atoms with Crippen LogP contribution in [0.3, 0.4) is 0 Å². The Bertz CT molecular complexity index is 815. The van der Waals surface area contributed by atoms with Crippen molar-refractivity contribution in [1.29, 1.82) is 0 Å². The average Bonchev–Trinajstić information content (AvgIpc) is 3.12. The van der Waals surface area contributed by atoms with Gasteiger partial charge < -0.3 is 14.8 Å². The van der Waals surface area contributed by atoms with E-state index in [0.717, 1.165) is 16.2 Å². The van der Waals surface area contributed by atoms with E-state index in [0.29, 0.717) is 30.9 Å². The number of esters is 1. The predicted molar refractivity (Wildman–Crippen MR) is 108 cm³/mol. The zero-order valence-electron chi connectivity index (χ0n) is 16.2. The van der Waals surface area contributed by atoms with Crippen LogP contribution in [-0.2, 0) is 20.7 Å². The van der Waals surface area contributed by atoms with Crippen LogP contribution in [0.1, 0.15) is 39.9 Å². The Morgan fingerprint density at radius 2 is 1.96 bits per heavy atom. The number of hydrogen-bond donors (Lipinski definition) is 1. The molecule has 0 atom stereocenters. The van der Waals surface area contributed by atoms with Gasteiger partial charge in [-0.1, -0.05) is 12.1 Å². The van der Waals surface area contributed by atoms with Gasteiger partial charge in [0.1, 0.15) is 5.75 Å². The molecule has 1 amide bonds. The van der Waals surface area contributed by atoms with E-state index in [1.165, 1.54) is 18.3 Å². The van der Waals surface area contributed by atoms with Crippen LogP contribution in [0, 0.1) is 6.92 Å². The van der Waals surface area contributed by atoms with Gasteiger partial charge in [-0.25, -0.2) is 0 Å². The van der Waals surface area contributed by atoms with Crippen molar-refractivity contribution in [3.8, 4) is 5.75 Å². The summed E-state index contributed by atoms with van der Waals surface area (Å²) in [5.41, 5.74) is 1.11. The second kappa shape index (κ2) is 11.2. The van der Waals surface area contributed by atoms with Crippen molar-refractivity contribution in [2.75, 3.05) is 19.8 Å². The number of amides is 1. The molecule has 1 aromatic carbocycles. The highest BCUT2D eigenvalue weighted by Crippen LogP contribution is 2.18. The van der Waals surface area contributed by atoms with Crippen molar-refractivity contribution in [3.63, 3.8) is 0 Å². The highest BCUT2D eigenvalue weighted by molar-refractivity contribution is 7.14. The molecule has 1 heterocycles. The third kappa shape index (κ3) is 7.92. The summed E-state index contributed by atoms with van der Waals surface area (Å²) in [5.74, 6) is 0.0587. The van der Waals surface area contributed by atoms with E-state index in [1.54, 1.807) is 6.07 Å². The van der Waals surface area contributed by atoms with Crippen LogP contribution in [0.15, 0.2) is 36.4 Å². The molecular formula is C21H25NO5S. The number of benzene rings is 1. The van der Waals surface area contributed by atoms with Crippen LogP contribution in [0.4, 0.5) is 0 Å². The molecule has 0 bridgehead atoms. The summed E-state index contributed by atoms with van der Waals surface area (Å²) in [6.07, 6.45) is 1.39. The van der Waals surface area contributed by atoms with Crippen LogP contribution in [0.5, 0.6) is 5.75 Å². The van der Waals surface area contributed by atoms with Crippen LogP contribution in [-0.4, -0.2) is 37.4 Å². The molecule has 0 radical (unpaired) electrons. The average molecular weight is 404 g/mol. The topological polar surface area (TPSA) is 81.7 Å². The van der Waals surface area contributed by atoms with Crippen molar-refractivity contribution in [3.05, 3.63) is 51.7 Å². The smallest absolute Gasteiger partial charge is 0.306 e. The van der Waals surface area contributed by atoms with Gasteiger partial charge in [-0.15, -0.1) is 11.3 Å². The fourth-order valence-corrected chi connectivity index (χ4v) is 3.36. The number of ketones is 1. The van der Waals surface area contributed by atoms with E-state index in [9.17, 15) is 14.4 Å². The van der Waals surface area contributed by atoms with Crippen molar-refractivity contribution in [2.24, 2.45) is 0 Å². The Balaban J connectivity index is 1.63. The maximum atomic E-state index is 12.1. The summed E-state index contributed by atoms with van der Waals surface area (Å²) in [6.45, 7) is 4.13. The lowest BCUT2D eigenvalue weighted by Crippen LogP contribution is -2.22. The van der Waals surface area contributed by atoms with Crippen LogP contribution >= 0.6 is 11.3 Å². The first kappa shape index (κ1) is 21.6. The molecule has 0 saturated carbocycles. The van der Waals surface area contributed by atoms with E-state index < -0.39 is 5.97 Å². The molecule has 0 aliphatic rings. The van der Waals surface area contributed by atoms with Crippen LogP contribution in [0.2, 0.25) is 0 Å². The summed E-state index contributed by atoms with van der Waals surface area (Å²) < 4.78 is 10.6. The van der Waals surface area contributed by atoms with Crippen molar-refractivity contribution in [1.82, 2.24) is 5.32 Å². The zero-order chi connectivity index (χ0) is 20.4. The predicted octanol–water partition coefficient (Wildman–Crippen LogP) is 3.32. The van der Waals surface area contributed by atoms with Gasteiger partial charge in [0, 0.05) is 24.8 Å². The summed E-state index contributed by atoms with van der Waals surface area (Å²) >= 11 is 1.35. The lowest BCUT2D eigenvalue weighted by molar-refractivity contribution is -0.142. The molecule has 0 fully saturated rings. The number of carbonyl (C=O) groups excluding carboxylic acids is 3. The van der Waals surface area contributed by atoms with Gasteiger partial charge in [0.25, 0.3) is 0 Å². The second-order valence-corrected chi connectivity index (χ2v) is 7.52. The fraction of sp³-hybridized carbons (Fsp3) is 0.381. The molecule has 6 nitrogen and oxygen atoms in total. The van der Waals surface area contributed by atoms with E-state index in [4.69, 9.17) is 9.47 Å².